The number of hydrogen-bond donors (Lipinski definition) is 2. The van der Waals surface area contributed by atoms with Crippen LogP contribution in [0.2, 0.25) is 0 Å². The van der Waals surface area contributed by atoms with Gasteiger partial charge in [-0.3, -0.25) is 4.79 Å². The molecule has 0 bridgehead atoms. The van der Waals surface area contributed by atoms with Crippen molar-refractivity contribution in [2.75, 3.05) is 0 Å². The van der Waals surface area contributed by atoms with Gasteiger partial charge in [0.1, 0.15) is 11.9 Å². The van der Waals surface area contributed by atoms with E-state index >= 15 is 0 Å². The first-order valence-corrected chi connectivity index (χ1v) is 13.4. The van der Waals surface area contributed by atoms with Crippen LogP contribution in [0.25, 0.3) is 11.0 Å². The minimum absolute atomic E-state index is 0.232. The van der Waals surface area contributed by atoms with Crippen LogP contribution < -0.4 is 5.32 Å². The molecule has 2 aromatic rings. The lowest BCUT2D eigenvalue weighted by molar-refractivity contribution is -0.139. The molecule has 1 amide bonds. The van der Waals surface area contributed by atoms with E-state index in [-0.39, 0.29) is 11.8 Å². The van der Waals surface area contributed by atoms with Crippen LogP contribution in [0.1, 0.15) is 107 Å². The van der Waals surface area contributed by atoms with Gasteiger partial charge in [-0.25, -0.2) is 9.78 Å². The second kappa shape index (κ2) is 10.9. The Hall–Kier alpha value is -2.37. The monoisotopic (exact) mass is 467 g/mol. The van der Waals surface area contributed by atoms with Crippen LogP contribution in [0.5, 0.6) is 0 Å². The molecule has 4 atom stereocenters. The number of fused-ring (bicyclic) bond motifs is 1. The molecular formula is C28H41N3O3. The molecule has 1 aromatic carbocycles. The van der Waals surface area contributed by atoms with E-state index in [2.05, 4.69) is 16.8 Å². The van der Waals surface area contributed by atoms with Crippen molar-refractivity contribution >= 4 is 22.9 Å². The first-order valence-electron chi connectivity index (χ1n) is 13.4. The van der Waals surface area contributed by atoms with Gasteiger partial charge < -0.3 is 15.0 Å². The van der Waals surface area contributed by atoms with E-state index < -0.39 is 12.0 Å². The summed E-state index contributed by atoms with van der Waals surface area (Å²) in [6.45, 7) is 6.41. The maximum Gasteiger partial charge on any atom is 0.326 e. The molecule has 2 aliphatic carbocycles. The normalized spacial score (nSPS) is 23.1. The molecule has 1 heterocycles. The molecule has 34 heavy (non-hydrogen) atoms. The third-order valence-corrected chi connectivity index (χ3v) is 8.31. The molecule has 2 fully saturated rings. The number of hydrogen-bond acceptors (Lipinski definition) is 3. The fourth-order valence-corrected chi connectivity index (χ4v) is 5.99. The van der Waals surface area contributed by atoms with Gasteiger partial charge in [0, 0.05) is 18.0 Å². The lowest BCUT2D eigenvalue weighted by Gasteiger charge is -2.32. The van der Waals surface area contributed by atoms with Gasteiger partial charge >= 0.3 is 5.97 Å². The molecule has 2 aliphatic rings. The van der Waals surface area contributed by atoms with Gasteiger partial charge in [0.25, 0.3) is 5.91 Å². The van der Waals surface area contributed by atoms with E-state index in [1.54, 1.807) is 0 Å². The molecular weight excluding hydrogens is 426 g/mol. The summed E-state index contributed by atoms with van der Waals surface area (Å²) in [6.07, 6.45) is 12.5. The highest BCUT2D eigenvalue weighted by Crippen LogP contribution is 2.38. The summed E-state index contributed by atoms with van der Waals surface area (Å²) < 4.78 is 2.49. The second-order valence-electron chi connectivity index (χ2n) is 10.9. The van der Waals surface area contributed by atoms with Gasteiger partial charge in [0.15, 0.2) is 0 Å². The van der Waals surface area contributed by atoms with Crippen molar-refractivity contribution in [3.05, 3.63) is 29.6 Å². The molecule has 4 rings (SSSR count). The average molecular weight is 468 g/mol. The predicted molar refractivity (Wildman–Crippen MR) is 135 cm³/mol. The molecule has 6 heteroatoms. The van der Waals surface area contributed by atoms with Gasteiger partial charge in [0.05, 0.1) is 11.0 Å². The first kappa shape index (κ1) is 24.7. The summed E-state index contributed by atoms with van der Waals surface area (Å²) in [5.41, 5.74) is 2.45. The number of rotatable bonds is 9. The molecule has 2 N–H and O–H groups in total. The Kier molecular flexibility index (Phi) is 7.95. The molecule has 1 aromatic heterocycles. The number of carboxylic acids is 1. The number of nitrogens with zero attached hydrogens (tertiary/aromatic N) is 2. The van der Waals surface area contributed by atoms with Crippen LogP contribution in [0.4, 0.5) is 0 Å². The molecule has 0 radical (unpaired) electrons. The van der Waals surface area contributed by atoms with Gasteiger partial charge in [0.2, 0.25) is 0 Å². The molecule has 6 nitrogen and oxygen atoms in total. The Morgan fingerprint density at radius 1 is 1.15 bits per heavy atom. The minimum atomic E-state index is -0.982. The lowest BCUT2D eigenvalue weighted by Crippen LogP contribution is -2.41. The van der Waals surface area contributed by atoms with Crippen LogP contribution in [-0.4, -0.2) is 32.6 Å². The Bertz CT molecular complexity index is 1010. The number of carbonyl (C=O) groups excluding carboxylic acids is 1. The van der Waals surface area contributed by atoms with Crippen molar-refractivity contribution in [1.29, 1.82) is 0 Å². The third kappa shape index (κ3) is 5.47. The van der Waals surface area contributed by atoms with Gasteiger partial charge in [-0.1, -0.05) is 65.7 Å². The zero-order valence-corrected chi connectivity index (χ0v) is 21.1. The summed E-state index contributed by atoms with van der Waals surface area (Å²) in [5, 5.41) is 12.3. The van der Waals surface area contributed by atoms with Crippen molar-refractivity contribution in [2.24, 2.45) is 17.8 Å². The number of amides is 1. The van der Waals surface area contributed by atoms with E-state index in [1.807, 2.05) is 32.0 Å². The van der Waals surface area contributed by atoms with Crippen LogP contribution in [0, 0.1) is 17.8 Å². The van der Waals surface area contributed by atoms with E-state index in [0.717, 1.165) is 23.9 Å². The topological polar surface area (TPSA) is 84.2 Å². The number of carbonyl (C=O) groups is 2. The zero-order chi connectivity index (χ0) is 24.2. The summed E-state index contributed by atoms with van der Waals surface area (Å²) in [6, 6.07) is 5.31. The summed E-state index contributed by atoms with van der Waals surface area (Å²) in [4.78, 5) is 29.8. The highest BCUT2D eigenvalue weighted by molar-refractivity contribution is 5.99. The number of nitrogens with one attached hydrogen (secondary N) is 1. The van der Waals surface area contributed by atoms with Crippen molar-refractivity contribution in [2.45, 2.75) is 103 Å². The van der Waals surface area contributed by atoms with Crippen LogP contribution in [-0.2, 0) is 11.2 Å². The highest BCUT2D eigenvalue weighted by atomic mass is 16.4. The Balaban J connectivity index is 1.63. The maximum absolute atomic E-state index is 13.0. The summed E-state index contributed by atoms with van der Waals surface area (Å²) >= 11 is 0. The zero-order valence-electron chi connectivity index (χ0n) is 21.1. The van der Waals surface area contributed by atoms with Crippen LogP contribution in [0.3, 0.4) is 0 Å². The van der Waals surface area contributed by atoms with Crippen LogP contribution in [0.15, 0.2) is 18.2 Å². The fraction of sp³-hybridized carbons (Fsp3) is 0.679. The predicted octanol–water partition coefficient (Wildman–Crippen LogP) is 6.14. The number of aromatic nitrogens is 2. The van der Waals surface area contributed by atoms with Gasteiger partial charge in [-0.15, -0.1) is 0 Å². The highest BCUT2D eigenvalue weighted by Gasteiger charge is 2.29. The third-order valence-electron chi connectivity index (χ3n) is 8.31. The van der Waals surface area contributed by atoms with Crippen molar-refractivity contribution in [3.63, 3.8) is 0 Å². The molecule has 0 spiro atoms. The SMILES string of the molecule is CCC(C)CC(NC(=O)c1ccc2c(c1)nc(CC1CCCC1)n2C1CCCCC1C)C(=O)O. The van der Waals surface area contributed by atoms with Gasteiger partial charge in [-0.2, -0.15) is 0 Å². The quantitative estimate of drug-likeness (QED) is 0.464. The van der Waals surface area contributed by atoms with E-state index in [0.29, 0.717) is 29.9 Å². The van der Waals surface area contributed by atoms with E-state index in [4.69, 9.17) is 4.98 Å². The maximum atomic E-state index is 13.0. The molecule has 0 saturated heterocycles. The fourth-order valence-electron chi connectivity index (χ4n) is 5.99. The Labute approximate surface area is 203 Å². The molecule has 2 saturated carbocycles. The number of imidazole rings is 1. The summed E-state index contributed by atoms with van der Waals surface area (Å²) in [5.74, 6) is 1.40. The second-order valence-corrected chi connectivity index (χ2v) is 10.9. The van der Waals surface area contributed by atoms with Crippen molar-refractivity contribution in [1.82, 2.24) is 14.9 Å². The van der Waals surface area contributed by atoms with Crippen molar-refractivity contribution < 1.29 is 14.7 Å². The Morgan fingerprint density at radius 2 is 1.85 bits per heavy atom. The number of benzene rings is 1. The van der Waals surface area contributed by atoms with Crippen LogP contribution >= 0.6 is 0 Å². The largest absolute Gasteiger partial charge is 0.480 e. The molecule has 4 unspecified atom stereocenters. The smallest absolute Gasteiger partial charge is 0.326 e. The number of carboxylic acid groups (broad SMARTS) is 1. The molecule has 0 aliphatic heterocycles. The van der Waals surface area contributed by atoms with Gasteiger partial charge in [-0.05, 0) is 55.2 Å². The Morgan fingerprint density at radius 3 is 2.53 bits per heavy atom. The van der Waals surface area contributed by atoms with Crippen molar-refractivity contribution in [3.8, 4) is 0 Å². The standard InChI is InChI=1S/C28H41N3O3/c1-4-18(2)15-23(28(33)34)30-27(32)21-13-14-25-22(17-21)29-26(16-20-10-6-7-11-20)31(25)24-12-8-5-9-19(24)3/h13-14,17-20,23-24H,4-12,15-16H2,1-3H3,(H,30,32)(H,33,34). The number of aliphatic carboxylic acids is 1. The summed E-state index contributed by atoms with van der Waals surface area (Å²) in [7, 11) is 0. The first-order chi connectivity index (χ1) is 16.4. The van der Waals surface area contributed by atoms with E-state index in [1.165, 1.54) is 57.2 Å². The minimum Gasteiger partial charge on any atom is -0.480 e. The van der Waals surface area contributed by atoms with E-state index in [9.17, 15) is 14.7 Å². The average Bonchev–Trinajstić information content (AvgIpc) is 3.46. The molecule has 186 valence electrons. The lowest BCUT2D eigenvalue weighted by atomic mass is 9.85.